The van der Waals surface area contributed by atoms with Crippen LogP contribution < -0.4 is 11.0 Å². The van der Waals surface area contributed by atoms with Gasteiger partial charge in [0.2, 0.25) is 0 Å². The molecule has 5 heteroatoms. The molecule has 3 rings (SSSR count). The zero-order valence-corrected chi connectivity index (χ0v) is 13.2. The van der Waals surface area contributed by atoms with Gasteiger partial charge in [0, 0.05) is 5.56 Å². The summed E-state index contributed by atoms with van der Waals surface area (Å²) in [5.41, 5.74) is 6.35. The summed E-state index contributed by atoms with van der Waals surface area (Å²) in [6, 6.07) is 18.7. The Morgan fingerprint density at radius 1 is 1.12 bits per heavy atom. The lowest BCUT2D eigenvalue weighted by Crippen LogP contribution is -2.30. The highest BCUT2D eigenvalue weighted by Gasteiger charge is 2.09. The van der Waals surface area contributed by atoms with Gasteiger partial charge in [0.05, 0.1) is 29.2 Å². The third kappa shape index (κ3) is 3.18. The fraction of sp³-hybridized carbons (Fsp3) is 0.105. The SMILES string of the molecule is CCc1nc(-c2ccccc2)cn(Nc2ccc(C#N)cc2)c1=O. The summed E-state index contributed by atoms with van der Waals surface area (Å²) in [7, 11) is 0. The van der Waals surface area contributed by atoms with E-state index in [1.165, 1.54) is 4.68 Å². The van der Waals surface area contributed by atoms with Gasteiger partial charge in [0.1, 0.15) is 5.69 Å². The Kier molecular flexibility index (Phi) is 4.39. The fourth-order valence-corrected chi connectivity index (χ4v) is 2.36. The molecular formula is C19H16N4O. The van der Waals surface area contributed by atoms with Gasteiger partial charge in [-0.2, -0.15) is 5.26 Å². The number of benzene rings is 2. The summed E-state index contributed by atoms with van der Waals surface area (Å²) in [6.07, 6.45) is 2.24. The lowest BCUT2D eigenvalue weighted by molar-refractivity contribution is 0.834. The van der Waals surface area contributed by atoms with Crippen molar-refractivity contribution in [2.75, 3.05) is 5.43 Å². The molecule has 0 bridgehead atoms. The second kappa shape index (κ2) is 6.80. The summed E-state index contributed by atoms with van der Waals surface area (Å²) in [6.45, 7) is 1.91. The average Bonchev–Trinajstić information content (AvgIpc) is 2.64. The molecular weight excluding hydrogens is 300 g/mol. The number of hydrogen-bond donors (Lipinski definition) is 1. The number of hydrogen-bond acceptors (Lipinski definition) is 4. The topological polar surface area (TPSA) is 70.7 Å². The van der Waals surface area contributed by atoms with Gasteiger partial charge < -0.3 is 0 Å². The molecule has 0 aliphatic heterocycles. The van der Waals surface area contributed by atoms with Crippen LogP contribution in [0.3, 0.4) is 0 Å². The van der Waals surface area contributed by atoms with Gasteiger partial charge in [0.15, 0.2) is 0 Å². The smallest absolute Gasteiger partial charge is 0.290 e. The number of anilines is 1. The second-order valence-electron chi connectivity index (χ2n) is 5.27. The zero-order valence-electron chi connectivity index (χ0n) is 13.2. The first-order valence-corrected chi connectivity index (χ1v) is 7.66. The standard InChI is InChI=1S/C19H16N4O/c1-2-17-19(24)23(22-16-10-8-14(12-20)9-11-16)13-18(21-17)15-6-4-3-5-7-15/h3-11,13,22H,2H2,1H3. The molecule has 1 heterocycles. The third-order valence-corrected chi connectivity index (χ3v) is 3.64. The van der Waals surface area contributed by atoms with Crippen LogP contribution in [0.4, 0.5) is 5.69 Å². The molecule has 1 N–H and O–H groups in total. The van der Waals surface area contributed by atoms with E-state index in [2.05, 4.69) is 16.5 Å². The van der Waals surface area contributed by atoms with Crippen molar-refractivity contribution >= 4 is 5.69 Å². The largest absolute Gasteiger partial charge is 0.292 e. The average molecular weight is 316 g/mol. The van der Waals surface area contributed by atoms with Crippen LogP contribution in [0.5, 0.6) is 0 Å². The van der Waals surface area contributed by atoms with Crippen LogP contribution in [-0.4, -0.2) is 9.66 Å². The first-order valence-electron chi connectivity index (χ1n) is 7.66. The van der Waals surface area contributed by atoms with Gasteiger partial charge in [-0.15, -0.1) is 0 Å². The van der Waals surface area contributed by atoms with Crippen LogP contribution in [0, 0.1) is 11.3 Å². The first-order chi connectivity index (χ1) is 11.7. The van der Waals surface area contributed by atoms with E-state index in [1.54, 1.807) is 30.5 Å². The molecule has 1 aromatic heterocycles. The van der Waals surface area contributed by atoms with Gasteiger partial charge in [-0.25, -0.2) is 9.66 Å². The van der Waals surface area contributed by atoms with E-state index in [0.717, 1.165) is 16.9 Å². The predicted octanol–water partition coefficient (Wildman–Crippen LogP) is 3.22. The molecule has 24 heavy (non-hydrogen) atoms. The van der Waals surface area contributed by atoms with Crippen LogP contribution in [0.25, 0.3) is 11.3 Å². The molecule has 0 saturated heterocycles. The summed E-state index contributed by atoms with van der Waals surface area (Å²) in [4.78, 5) is 17.0. The Morgan fingerprint density at radius 2 is 1.83 bits per heavy atom. The van der Waals surface area contributed by atoms with Crippen LogP contribution in [-0.2, 0) is 6.42 Å². The Labute approximate surface area is 139 Å². The quantitative estimate of drug-likeness (QED) is 0.802. The zero-order chi connectivity index (χ0) is 16.9. The Balaban J connectivity index is 2.03. The normalized spacial score (nSPS) is 10.2. The number of aryl methyl sites for hydroxylation is 1. The fourth-order valence-electron chi connectivity index (χ4n) is 2.36. The minimum atomic E-state index is -0.179. The molecule has 5 nitrogen and oxygen atoms in total. The van der Waals surface area contributed by atoms with Crippen molar-refractivity contribution in [3.05, 3.63) is 82.4 Å². The minimum Gasteiger partial charge on any atom is -0.292 e. The Hall–Kier alpha value is -3.39. The molecule has 118 valence electrons. The maximum atomic E-state index is 12.5. The molecule has 0 saturated carbocycles. The monoisotopic (exact) mass is 316 g/mol. The van der Waals surface area contributed by atoms with E-state index < -0.39 is 0 Å². The molecule has 2 aromatic carbocycles. The third-order valence-electron chi connectivity index (χ3n) is 3.64. The van der Waals surface area contributed by atoms with E-state index in [-0.39, 0.29) is 5.56 Å². The highest BCUT2D eigenvalue weighted by atomic mass is 16.1. The summed E-state index contributed by atoms with van der Waals surface area (Å²) in [5, 5.41) is 8.86. The molecule has 0 fully saturated rings. The molecule has 0 aliphatic rings. The van der Waals surface area contributed by atoms with Crippen molar-refractivity contribution in [2.24, 2.45) is 0 Å². The number of aromatic nitrogens is 2. The number of rotatable bonds is 4. The molecule has 0 radical (unpaired) electrons. The summed E-state index contributed by atoms with van der Waals surface area (Å²) in [5.74, 6) is 0. The first kappa shape index (κ1) is 15.5. The van der Waals surface area contributed by atoms with E-state index in [9.17, 15) is 4.79 Å². The lowest BCUT2D eigenvalue weighted by Gasteiger charge is -2.13. The van der Waals surface area contributed by atoms with Crippen LogP contribution in [0.2, 0.25) is 0 Å². The van der Waals surface area contributed by atoms with E-state index >= 15 is 0 Å². The predicted molar refractivity (Wildman–Crippen MR) is 93.5 cm³/mol. The van der Waals surface area contributed by atoms with E-state index in [1.807, 2.05) is 37.3 Å². The van der Waals surface area contributed by atoms with Gasteiger partial charge in [0.25, 0.3) is 5.56 Å². The molecule has 0 atom stereocenters. The van der Waals surface area contributed by atoms with Crippen molar-refractivity contribution < 1.29 is 0 Å². The van der Waals surface area contributed by atoms with E-state index in [4.69, 9.17) is 5.26 Å². The van der Waals surface area contributed by atoms with Gasteiger partial charge in [-0.1, -0.05) is 37.3 Å². The maximum Gasteiger partial charge on any atom is 0.290 e. The van der Waals surface area contributed by atoms with Crippen LogP contribution in [0.1, 0.15) is 18.2 Å². The Bertz CT molecular complexity index is 938. The molecule has 0 spiro atoms. The van der Waals surface area contributed by atoms with Gasteiger partial charge >= 0.3 is 0 Å². The summed E-state index contributed by atoms with van der Waals surface area (Å²) >= 11 is 0. The van der Waals surface area contributed by atoms with Crippen LogP contribution in [0.15, 0.2) is 65.6 Å². The van der Waals surface area contributed by atoms with Crippen LogP contribution >= 0.6 is 0 Å². The number of nitrogens with one attached hydrogen (secondary N) is 1. The van der Waals surface area contributed by atoms with Gasteiger partial charge in [-0.05, 0) is 30.7 Å². The molecule has 0 unspecified atom stereocenters. The molecule has 3 aromatic rings. The van der Waals surface area contributed by atoms with Crippen molar-refractivity contribution in [1.29, 1.82) is 5.26 Å². The summed E-state index contributed by atoms with van der Waals surface area (Å²) < 4.78 is 1.44. The second-order valence-corrected chi connectivity index (χ2v) is 5.27. The number of nitriles is 1. The lowest BCUT2D eigenvalue weighted by atomic mass is 10.1. The van der Waals surface area contributed by atoms with Crippen molar-refractivity contribution in [2.45, 2.75) is 13.3 Å². The molecule has 0 aliphatic carbocycles. The minimum absolute atomic E-state index is 0.179. The van der Waals surface area contributed by atoms with Crippen molar-refractivity contribution in [3.8, 4) is 17.3 Å². The van der Waals surface area contributed by atoms with E-state index in [0.29, 0.717) is 17.7 Å². The van der Waals surface area contributed by atoms with Gasteiger partial charge in [-0.3, -0.25) is 10.2 Å². The number of nitrogens with zero attached hydrogens (tertiary/aromatic N) is 3. The molecule has 0 amide bonds. The van der Waals surface area contributed by atoms with Crippen molar-refractivity contribution in [1.82, 2.24) is 9.66 Å². The maximum absolute atomic E-state index is 12.5. The van der Waals surface area contributed by atoms with Crippen molar-refractivity contribution in [3.63, 3.8) is 0 Å². The Morgan fingerprint density at radius 3 is 2.46 bits per heavy atom. The highest BCUT2D eigenvalue weighted by Crippen LogP contribution is 2.16. The highest BCUT2D eigenvalue weighted by molar-refractivity contribution is 5.58.